The summed E-state index contributed by atoms with van der Waals surface area (Å²) in [7, 11) is 0. The number of rotatable bonds is 4. The fourth-order valence-electron chi connectivity index (χ4n) is 11.7. The predicted octanol–water partition coefficient (Wildman–Crippen LogP) is 8.45. The second-order valence-corrected chi connectivity index (χ2v) is 17.5. The number of nitrogens with one attached hydrogen (secondary N) is 1. The molecule has 0 aromatic heterocycles. The smallest absolute Gasteiger partial charge is 0.302 e. The molecule has 0 spiro atoms. The van der Waals surface area contributed by atoms with Crippen molar-refractivity contribution in [3.05, 3.63) is 46.0 Å². The van der Waals surface area contributed by atoms with Gasteiger partial charge in [0.15, 0.2) is 5.78 Å². The molecule has 5 aliphatic rings. The van der Waals surface area contributed by atoms with Gasteiger partial charge in [0.2, 0.25) is 5.91 Å². The Labute approximate surface area is 273 Å². The molecule has 6 rings (SSSR count). The number of benzene rings is 1. The van der Waals surface area contributed by atoms with Gasteiger partial charge in [0, 0.05) is 41.5 Å². The molecule has 1 amide bonds. The molecule has 0 unspecified atom stereocenters. The van der Waals surface area contributed by atoms with Crippen LogP contribution in [0.15, 0.2) is 35.9 Å². The summed E-state index contributed by atoms with van der Waals surface area (Å²) in [6.07, 6.45) is 9.95. The lowest BCUT2D eigenvalue weighted by Gasteiger charge is -2.70. The van der Waals surface area contributed by atoms with Crippen molar-refractivity contribution in [1.29, 1.82) is 0 Å². The second-order valence-electron chi connectivity index (χ2n) is 17.5. The molecule has 46 heavy (non-hydrogen) atoms. The first-order valence-electron chi connectivity index (χ1n) is 17.3. The fraction of sp³-hybridized carbons (Fsp3) is 0.711. The highest BCUT2D eigenvalue weighted by Crippen LogP contribution is 2.75. The van der Waals surface area contributed by atoms with Gasteiger partial charge in [-0.2, -0.15) is 0 Å². The van der Waals surface area contributed by atoms with Crippen molar-refractivity contribution in [2.45, 2.75) is 119 Å². The van der Waals surface area contributed by atoms with Gasteiger partial charge in [-0.3, -0.25) is 24.5 Å². The number of ether oxygens (including phenoxy) is 1. The summed E-state index contributed by atoms with van der Waals surface area (Å²) in [6.45, 7) is 17.5. The van der Waals surface area contributed by atoms with E-state index in [-0.39, 0.29) is 74.3 Å². The predicted molar refractivity (Wildman–Crippen MR) is 177 cm³/mol. The molecule has 1 N–H and O–H groups in total. The van der Waals surface area contributed by atoms with Crippen LogP contribution >= 0.6 is 0 Å². The van der Waals surface area contributed by atoms with E-state index in [2.05, 4.69) is 46.9 Å². The average Bonchev–Trinajstić information content (AvgIpc) is 2.96. The van der Waals surface area contributed by atoms with Crippen molar-refractivity contribution in [3.63, 3.8) is 0 Å². The molecule has 250 valence electrons. The standard InChI is InChI=1S/C38H52N2O6/c1-23(41)46-30-14-15-36(6)29(33(30,2)3)13-16-38(8)31(36)28(42)21-26-27-22-35(5,18-17-34(27,4)19-20-37(26,38)7)32(43)39-24-9-11-25(12-10-24)40(44)45/h9-12,21,27,29-31H,13-20,22H2,1-8H3,(H,39,43)/t27-,29+,30+,31+,34+,35+,36+,37+,38+/m0/s1. The minimum Gasteiger partial charge on any atom is -0.462 e. The number of carbonyl (C=O) groups is 3. The summed E-state index contributed by atoms with van der Waals surface area (Å²) in [5.41, 5.74) is 0.408. The van der Waals surface area contributed by atoms with Crippen molar-refractivity contribution < 1.29 is 24.0 Å². The van der Waals surface area contributed by atoms with Crippen molar-refractivity contribution in [2.75, 3.05) is 5.32 Å². The maximum Gasteiger partial charge on any atom is 0.302 e. The van der Waals surface area contributed by atoms with Gasteiger partial charge in [-0.1, -0.05) is 54.0 Å². The number of nitro groups is 1. The highest BCUT2D eigenvalue weighted by molar-refractivity contribution is 5.97. The Morgan fingerprint density at radius 1 is 0.913 bits per heavy atom. The van der Waals surface area contributed by atoms with Gasteiger partial charge >= 0.3 is 5.97 Å². The molecule has 0 aliphatic heterocycles. The number of hydrogen-bond acceptors (Lipinski definition) is 6. The molecular formula is C38H52N2O6. The SMILES string of the molecule is CC(=O)O[C@@H]1CC[C@]2(C)[C@H](CC[C@]3(C)[C@@H]2C(=O)C=C2[C@@H]4C[C@](C)(C(=O)Nc5ccc([N+](=O)[O-])cc5)CC[C@]4(C)CC[C@]23C)C1(C)C. The topological polar surface area (TPSA) is 116 Å². The molecule has 0 bridgehead atoms. The van der Waals surface area contributed by atoms with Crippen LogP contribution in [0, 0.1) is 60.4 Å². The molecule has 1 aromatic carbocycles. The van der Waals surface area contributed by atoms with Gasteiger partial charge in [-0.05, 0) is 109 Å². The molecule has 1 aromatic rings. The Bertz CT molecular complexity index is 1520. The molecule has 9 atom stereocenters. The number of fused-ring (bicyclic) bond motifs is 7. The van der Waals surface area contributed by atoms with E-state index in [0.717, 1.165) is 51.4 Å². The zero-order valence-corrected chi connectivity index (χ0v) is 29.0. The summed E-state index contributed by atoms with van der Waals surface area (Å²) >= 11 is 0. The van der Waals surface area contributed by atoms with E-state index in [9.17, 15) is 24.5 Å². The zero-order chi connectivity index (χ0) is 33.7. The van der Waals surface area contributed by atoms with E-state index in [1.54, 1.807) is 12.1 Å². The quantitative estimate of drug-likeness (QED) is 0.202. The summed E-state index contributed by atoms with van der Waals surface area (Å²) in [5.74, 6) is 0.236. The Morgan fingerprint density at radius 3 is 2.20 bits per heavy atom. The van der Waals surface area contributed by atoms with Crippen molar-refractivity contribution in [3.8, 4) is 0 Å². The number of carbonyl (C=O) groups excluding carboxylic acids is 3. The molecule has 0 heterocycles. The van der Waals surface area contributed by atoms with Crippen LogP contribution in [0.25, 0.3) is 0 Å². The van der Waals surface area contributed by atoms with Gasteiger partial charge in [0.25, 0.3) is 5.69 Å². The average molecular weight is 633 g/mol. The minimum atomic E-state index is -0.630. The molecule has 8 heteroatoms. The lowest BCUT2D eigenvalue weighted by Crippen LogP contribution is -2.66. The van der Waals surface area contributed by atoms with Crippen LogP contribution in [0.2, 0.25) is 0 Å². The fourth-order valence-corrected chi connectivity index (χ4v) is 11.7. The molecule has 4 fully saturated rings. The third-order valence-electron chi connectivity index (χ3n) is 14.7. The number of nitro benzene ring substituents is 1. The van der Waals surface area contributed by atoms with E-state index in [4.69, 9.17) is 4.74 Å². The highest BCUT2D eigenvalue weighted by atomic mass is 16.6. The van der Waals surface area contributed by atoms with E-state index < -0.39 is 10.3 Å². The normalized spacial score (nSPS) is 42.7. The van der Waals surface area contributed by atoms with Crippen LogP contribution in [-0.2, 0) is 19.1 Å². The van der Waals surface area contributed by atoms with Gasteiger partial charge in [-0.25, -0.2) is 0 Å². The number of nitrogens with zero attached hydrogens (tertiary/aromatic N) is 1. The largest absolute Gasteiger partial charge is 0.462 e. The van der Waals surface area contributed by atoms with Gasteiger partial charge < -0.3 is 10.1 Å². The number of allylic oxidation sites excluding steroid dienone is 2. The van der Waals surface area contributed by atoms with E-state index in [1.165, 1.54) is 24.6 Å². The summed E-state index contributed by atoms with van der Waals surface area (Å²) in [5, 5.41) is 14.2. The Hall–Kier alpha value is -3.03. The Kier molecular flexibility index (Phi) is 7.50. The van der Waals surface area contributed by atoms with Gasteiger partial charge in [0.05, 0.1) is 4.92 Å². The molecular weight excluding hydrogens is 580 g/mol. The number of anilines is 1. The first kappa shape index (κ1) is 32.9. The molecule has 4 saturated carbocycles. The van der Waals surface area contributed by atoms with Crippen molar-refractivity contribution in [2.24, 2.45) is 50.2 Å². The zero-order valence-electron chi connectivity index (χ0n) is 29.0. The third kappa shape index (κ3) is 4.62. The maximum atomic E-state index is 14.7. The van der Waals surface area contributed by atoms with Crippen LogP contribution in [0.4, 0.5) is 11.4 Å². The highest BCUT2D eigenvalue weighted by Gasteiger charge is 2.70. The van der Waals surface area contributed by atoms with Crippen molar-refractivity contribution >= 4 is 29.0 Å². The number of esters is 1. The minimum absolute atomic E-state index is 0.0104. The number of hydrogen-bond donors (Lipinski definition) is 1. The number of ketones is 1. The van der Waals surface area contributed by atoms with Crippen LogP contribution in [0.1, 0.15) is 113 Å². The van der Waals surface area contributed by atoms with Gasteiger partial charge in [-0.15, -0.1) is 0 Å². The van der Waals surface area contributed by atoms with E-state index >= 15 is 0 Å². The molecule has 0 saturated heterocycles. The summed E-state index contributed by atoms with van der Waals surface area (Å²) < 4.78 is 5.86. The maximum absolute atomic E-state index is 14.7. The van der Waals surface area contributed by atoms with Gasteiger partial charge in [0.1, 0.15) is 6.10 Å². The van der Waals surface area contributed by atoms with Crippen LogP contribution < -0.4 is 5.32 Å². The Balaban J connectivity index is 1.32. The van der Waals surface area contributed by atoms with Crippen LogP contribution in [0.3, 0.4) is 0 Å². The number of non-ortho nitro benzene ring substituents is 1. The monoisotopic (exact) mass is 632 g/mol. The van der Waals surface area contributed by atoms with Crippen LogP contribution in [-0.4, -0.2) is 28.7 Å². The molecule has 8 nitrogen and oxygen atoms in total. The summed E-state index contributed by atoms with van der Waals surface area (Å²) in [6, 6.07) is 6.00. The third-order valence-corrected chi connectivity index (χ3v) is 14.7. The van der Waals surface area contributed by atoms with E-state index in [0.29, 0.717) is 12.1 Å². The van der Waals surface area contributed by atoms with Crippen LogP contribution in [0.5, 0.6) is 0 Å². The number of amides is 1. The first-order chi connectivity index (χ1) is 21.3. The molecule has 5 aliphatic carbocycles. The molecule has 0 radical (unpaired) electrons. The van der Waals surface area contributed by atoms with Crippen molar-refractivity contribution in [1.82, 2.24) is 0 Å². The van der Waals surface area contributed by atoms with E-state index in [1.807, 2.05) is 13.0 Å². The summed E-state index contributed by atoms with van der Waals surface area (Å²) in [4.78, 5) is 51.2. The Morgan fingerprint density at radius 2 is 1.57 bits per heavy atom. The lowest BCUT2D eigenvalue weighted by molar-refractivity contribution is -0.384. The first-order valence-corrected chi connectivity index (χ1v) is 17.3. The second kappa shape index (κ2) is 10.5. The lowest BCUT2D eigenvalue weighted by atomic mass is 9.33.